The molecule has 0 saturated carbocycles. The lowest BCUT2D eigenvalue weighted by Gasteiger charge is -2.09. The van der Waals surface area contributed by atoms with Crippen LogP contribution in [0.4, 0.5) is 0 Å². The number of halogens is 2. The maximum Gasteiger partial charge on any atom is 0.251 e. The zero-order valence-electron chi connectivity index (χ0n) is 11.1. The molecule has 0 radical (unpaired) electrons. The van der Waals surface area contributed by atoms with Crippen LogP contribution in [0.2, 0.25) is 0 Å². The van der Waals surface area contributed by atoms with Crippen LogP contribution in [0.5, 0.6) is 0 Å². The van der Waals surface area contributed by atoms with Gasteiger partial charge in [0.05, 0.1) is 0 Å². The average molecular weight is 353 g/mol. The van der Waals surface area contributed by atoms with E-state index in [0.29, 0.717) is 18.0 Å². The van der Waals surface area contributed by atoms with Gasteiger partial charge in [0.1, 0.15) is 0 Å². The first-order valence-corrected chi connectivity index (χ1v) is 7.61. The minimum absolute atomic E-state index is 0.0636. The van der Waals surface area contributed by atoms with Gasteiger partial charge in [0.25, 0.3) is 5.91 Å². The lowest BCUT2D eigenvalue weighted by molar-refractivity contribution is 0.0950. The van der Waals surface area contributed by atoms with Gasteiger partial charge in [-0.25, -0.2) is 0 Å². The van der Waals surface area contributed by atoms with Gasteiger partial charge in [-0.15, -0.1) is 11.6 Å². The summed E-state index contributed by atoms with van der Waals surface area (Å²) in [6.07, 6.45) is 0. The molecule has 1 N–H and O–H groups in total. The Morgan fingerprint density at radius 3 is 2.65 bits per heavy atom. The highest BCUT2D eigenvalue weighted by Crippen LogP contribution is 2.16. The van der Waals surface area contributed by atoms with Crippen LogP contribution in [-0.2, 0) is 12.4 Å². The van der Waals surface area contributed by atoms with E-state index in [1.165, 1.54) is 0 Å². The Kier molecular flexibility index (Phi) is 5.21. The van der Waals surface area contributed by atoms with E-state index in [0.717, 1.165) is 21.2 Å². The molecule has 0 heterocycles. The minimum atomic E-state index is -0.0636. The van der Waals surface area contributed by atoms with Crippen molar-refractivity contribution >= 4 is 33.4 Å². The molecular formula is C16H15BrClNO. The van der Waals surface area contributed by atoms with Crippen molar-refractivity contribution in [2.24, 2.45) is 0 Å². The van der Waals surface area contributed by atoms with Gasteiger partial charge >= 0.3 is 0 Å². The lowest BCUT2D eigenvalue weighted by Crippen LogP contribution is -2.23. The molecule has 0 aliphatic carbocycles. The summed E-state index contributed by atoms with van der Waals surface area (Å²) in [4.78, 5) is 12.2. The summed E-state index contributed by atoms with van der Waals surface area (Å²) >= 11 is 9.19. The van der Waals surface area contributed by atoms with Crippen LogP contribution < -0.4 is 5.32 Å². The summed E-state index contributed by atoms with van der Waals surface area (Å²) in [7, 11) is 0. The fourth-order valence-corrected chi connectivity index (χ4v) is 2.62. The van der Waals surface area contributed by atoms with E-state index < -0.39 is 0 Å². The number of hydrogen-bond donors (Lipinski definition) is 1. The van der Waals surface area contributed by atoms with Gasteiger partial charge in [-0.05, 0) is 41.8 Å². The Morgan fingerprint density at radius 2 is 1.95 bits per heavy atom. The number of alkyl halides is 1. The first-order chi connectivity index (χ1) is 9.60. The molecule has 104 valence electrons. The summed E-state index contributed by atoms with van der Waals surface area (Å²) in [5.74, 6) is 0.416. The quantitative estimate of drug-likeness (QED) is 0.811. The number of carbonyl (C=O) groups is 1. The van der Waals surface area contributed by atoms with Gasteiger partial charge in [0.2, 0.25) is 0 Å². The second-order valence-electron chi connectivity index (χ2n) is 4.60. The average Bonchev–Trinajstić information content (AvgIpc) is 2.45. The van der Waals surface area contributed by atoms with Crippen molar-refractivity contribution in [1.82, 2.24) is 5.32 Å². The van der Waals surface area contributed by atoms with Crippen molar-refractivity contribution in [3.63, 3.8) is 0 Å². The molecular weight excluding hydrogens is 338 g/mol. The van der Waals surface area contributed by atoms with Gasteiger partial charge < -0.3 is 5.32 Å². The molecule has 0 atom stereocenters. The van der Waals surface area contributed by atoms with E-state index in [1.807, 2.05) is 49.4 Å². The summed E-state index contributed by atoms with van der Waals surface area (Å²) < 4.78 is 0.973. The van der Waals surface area contributed by atoms with Crippen LogP contribution in [0.25, 0.3) is 0 Å². The maximum atomic E-state index is 12.2. The molecule has 2 rings (SSSR count). The summed E-state index contributed by atoms with van der Waals surface area (Å²) in [6, 6.07) is 13.5. The van der Waals surface area contributed by atoms with E-state index in [9.17, 15) is 4.79 Å². The molecule has 0 bridgehead atoms. The molecule has 20 heavy (non-hydrogen) atoms. The normalized spacial score (nSPS) is 10.3. The molecule has 0 unspecified atom stereocenters. The van der Waals surface area contributed by atoms with Crippen molar-refractivity contribution in [3.05, 3.63) is 69.2 Å². The summed E-state index contributed by atoms with van der Waals surface area (Å²) in [6.45, 7) is 2.42. The molecule has 0 fully saturated rings. The number of rotatable bonds is 4. The number of nitrogens with one attached hydrogen (secondary N) is 1. The number of aryl methyl sites for hydroxylation is 1. The maximum absolute atomic E-state index is 12.2. The Balaban J connectivity index is 2.04. The van der Waals surface area contributed by atoms with Gasteiger partial charge in [0.15, 0.2) is 0 Å². The zero-order chi connectivity index (χ0) is 14.5. The van der Waals surface area contributed by atoms with Crippen molar-refractivity contribution in [1.29, 1.82) is 0 Å². The fraction of sp³-hybridized carbons (Fsp3) is 0.188. The predicted molar refractivity (Wildman–Crippen MR) is 86.0 cm³/mol. The van der Waals surface area contributed by atoms with Crippen LogP contribution in [0.1, 0.15) is 27.0 Å². The van der Waals surface area contributed by atoms with E-state index in [-0.39, 0.29) is 5.91 Å². The third-order valence-corrected chi connectivity index (χ3v) is 3.83. The van der Waals surface area contributed by atoms with Crippen molar-refractivity contribution in [2.45, 2.75) is 19.3 Å². The number of amides is 1. The molecule has 2 aromatic carbocycles. The Bertz CT molecular complexity index is 628. The van der Waals surface area contributed by atoms with Crippen molar-refractivity contribution in [3.8, 4) is 0 Å². The number of hydrogen-bond acceptors (Lipinski definition) is 1. The van der Waals surface area contributed by atoms with Crippen LogP contribution in [0, 0.1) is 6.92 Å². The molecule has 0 spiro atoms. The van der Waals surface area contributed by atoms with Gasteiger partial charge in [0, 0.05) is 22.5 Å². The SMILES string of the molecule is Cc1cc(Br)ccc1C(=O)NCc1cccc(CCl)c1. The molecule has 2 aromatic rings. The van der Waals surface area contributed by atoms with E-state index in [2.05, 4.69) is 21.2 Å². The Hall–Kier alpha value is -1.32. The molecule has 2 nitrogen and oxygen atoms in total. The molecule has 0 saturated heterocycles. The summed E-state index contributed by atoms with van der Waals surface area (Å²) in [5, 5.41) is 2.93. The van der Waals surface area contributed by atoms with E-state index >= 15 is 0 Å². The first kappa shape index (κ1) is 15.1. The van der Waals surface area contributed by atoms with Gasteiger partial charge in [-0.2, -0.15) is 0 Å². The third-order valence-electron chi connectivity index (χ3n) is 3.03. The van der Waals surface area contributed by atoms with Crippen LogP contribution in [0.3, 0.4) is 0 Å². The van der Waals surface area contributed by atoms with Gasteiger partial charge in [-0.1, -0.05) is 40.2 Å². The van der Waals surface area contributed by atoms with Crippen LogP contribution >= 0.6 is 27.5 Å². The zero-order valence-corrected chi connectivity index (χ0v) is 13.5. The lowest BCUT2D eigenvalue weighted by atomic mass is 10.1. The van der Waals surface area contributed by atoms with Crippen molar-refractivity contribution < 1.29 is 4.79 Å². The highest BCUT2D eigenvalue weighted by Gasteiger charge is 2.08. The number of carbonyl (C=O) groups excluding carboxylic acids is 1. The Morgan fingerprint density at radius 1 is 1.20 bits per heavy atom. The molecule has 0 aliphatic rings. The van der Waals surface area contributed by atoms with Gasteiger partial charge in [-0.3, -0.25) is 4.79 Å². The predicted octanol–water partition coefficient (Wildman–Crippen LogP) is 4.43. The second kappa shape index (κ2) is 6.91. The minimum Gasteiger partial charge on any atom is -0.348 e. The molecule has 1 amide bonds. The third kappa shape index (κ3) is 3.84. The first-order valence-electron chi connectivity index (χ1n) is 6.28. The van der Waals surface area contributed by atoms with E-state index in [1.54, 1.807) is 0 Å². The standard InChI is InChI=1S/C16H15BrClNO/c1-11-7-14(17)5-6-15(11)16(20)19-10-13-4-2-3-12(8-13)9-18/h2-8H,9-10H2,1H3,(H,19,20). The second-order valence-corrected chi connectivity index (χ2v) is 5.78. The van der Waals surface area contributed by atoms with Crippen LogP contribution in [-0.4, -0.2) is 5.91 Å². The smallest absolute Gasteiger partial charge is 0.251 e. The van der Waals surface area contributed by atoms with Crippen molar-refractivity contribution in [2.75, 3.05) is 0 Å². The monoisotopic (exact) mass is 351 g/mol. The number of benzene rings is 2. The summed E-state index contributed by atoms with van der Waals surface area (Å²) in [5.41, 5.74) is 3.75. The Labute approximate surface area is 132 Å². The molecule has 0 aromatic heterocycles. The fourth-order valence-electron chi connectivity index (χ4n) is 1.98. The highest BCUT2D eigenvalue weighted by molar-refractivity contribution is 9.10. The molecule has 0 aliphatic heterocycles. The topological polar surface area (TPSA) is 29.1 Å². The largest absolute Gasteiger partial charge is 0.348 e. The highest BCUT2D eigenvalue weighted by atomic mass is 79.9. The molecule has 4 heteroatoms. The van der Waals surface area contributed by atoms with Crippen LogP contribution in [0.15, 0.2) is 46.9 Å². The van der Waals surface area contributed by atoms with E-state index in [4.69, 9.17) is 11.6 Å².